The Morgan fingerprint density at radius 1 is 0.914 bits per heavy atom. The Labute approximate surface area is 242 Å². The van der Waals surface area contributed by atoms with Gasteiger partial charge in [0.1, 0.15) is 8.07 Å². The van der Waals surface area contributed by atoms with Gasteiger partial charge in [0.2, 0.25) is 0 Å². The Balaban J connectivity index is 0.000000239. The molecule has 3 aromatic rings. The molecular formula is C30H32Cl2NSiZr. The molecule has 4 aliphatic rings. The molecule has 3 heterocycles. The van der Waals surface area contributed by atoms with E-state index in [4.69, 9.17) is 0 Å². The molecule has 35 heavy (non-hydrogen) atoms. The van der Waals surface area contributed by atoms with Gasteiger partial charge < -0.3 is 24.8 Å². The fraction of sp³-hybridized carbons (Fsp3) is 0.267. The maximum absolute atomic E-state index is 4.62. The molecule has 1 aliphatic carbocycles. The predicted octanol–water partition coefficient (Wildman–Crippen LogP) is 2.26. The van der Waals surface area contributed by atoms with Gasteiger partial charge in [0.25, 0.3) is 0 Å². The number of aliphatic imine (C=N–C) groups is 1. The fourth-order valence-electron chi connectivity index (χ4n) is 5.84. The van der Waals surface area contributed by atoms with Crippen LogP contribution in [0.3, 0.4) is 0 Å². The van der Waals surface area contributed by atoms with Gasteiger partial charge in [-0.25, -0.2) is 0 Å². The molecule has 0 atom stereocenters. The summed E-state index contributed by atoms with van der Waals surface area (Å²) in [5.41, 5.74) is 10.9. The first kappa shape index (κ1) is 29.8. The molecule has 2 bridgehead atoms. The van der Waals surface area contributed by atoms with Gasteiger partial charge in [-0.05, 0) is 53.4 Å². The normalized spacial score (nSPS) is 16.2. The number of nitrogens with zero attached hydrogens (tertiary/aromatic N) is 1. The second kappa shape index (κ2) is 11.3. The number of benzene rings is 2. The van der Waals surface area contributed by atoms with E-state index in [1.807, 2.05) is 0 Å². The summed E-state index contributed by atoms with van der Waals surface area (Å²) < 4.78 is 0. The minimum Gasteiger partial charge on any atom is -1.00 e. The maximum Gasteiger partial charge on any atom is 3.00 e. The van der Waals surface area contributed by atoms with E-state index < -0.39 is 8.07 Å². The van der Waals surface area contributed by atoms with Crippen LogP contribution < -0.4 is 24.8 Å². The van der Waals surface area contributed by atoms with Crippen molar-refractivity contribution in [3.8, 4) is 11.1 Å². The van der Waals surface area contributed by atoms with E-state index in [0.717, 1.165) is 0 Å². The van der Waals surface area contributed by atoms with Crippen LogP contribution >= 0.6 is 0 Å². The molecule has 1 nitrogen and oxygen atoms in total. The molecule has 5 heteroatoms. The van der Waals surface area contributed by atoms with Gasteiger partial charge in [0.15, 0.2) is 0 Å². The Hall–Kier alpha value is -1.38. The van der Waals surface area contributed by atoms with Crippen LogP contribution in [0, 0.1) is 6.92 Å². The second-order valence-electron chi connectivity index (χ2n) is 9.95. The molecule has 0 spiro atoms. The van der Waals surface area contributed by atoms with E-state index in [-0.39, 0.29) is 51.0 Å². The largest absolute Gasteiger partial charge is 3.00 e. The molecular weight excluding hydrogens is 565 g/mol. The SMILES string of the molecule is CC1=NC2=C3C(C)=C(C2=C1)[Si]3(C)C.CCCc1ccc(-c2cccc3[cH-]c(C)cc23)cc1.[Cl-].[Cl-].[Zr+3]. The van der Waals surface area contributed by atoms with E-state index in [0.29, 0.717) is 0 Å². The molecule has 0 unspecified atom stereocenters. The summed E-state index contributed by atoms with van der Waals surface area (Å²) in [5.74, 6) is 0. The monoisotopic (exact) mass is 594 g/mol. The third-order valence-electron chi connectivity index (χ3n) is 7.10. The van der Waals surface area contributed by atoms with Crippen molar-refractivity contribution < 1.29 is 51.0 Å². The summed E-state index contributed by atoms with van der Waals surface area (Å²) in [5, 5.41) is 5.99. The molecule has 0 saturated heterocycles. The third kappa shape index (κ3) is 5.08. The Morgan fingerprint density at radius 3 is 2.20 bits per heavy atom. The summed E-state index contributed by atoms with van der Waals surface area (Å²) >= 11 is 0. The van der Waals surface area contributed by atoms with Gasteiger partial charge in [-0.2, -0.15) is 6.07 Å². The van der Waals surface area contributed by atoms with Crippen molar-refractivity contribution in [2.45, 2.75) is 53.6 Å². The van der Waals surface area contributed by atoms with Gasteiger partial charge >= 0.3 is 26.2 Å². The van der Waals surface area contributed by atoms with Crippen molar-refractivity contribution in [1.82, 2.24) is 0 Å². The van der Waals surface area contributed by atoms with Crippen LogP contribution in [0.4, 0.5) is 0 Å². The van der Waals surface area contributed by atoms with Gasteiger partial charge in [0, 0.05) is 11.3 Å². The topological polar surface area (TPSA) is 12.4 Å². The van der Waals surface area contributed by atoms with Crippen LogP contribution in [-0.4, -0.2) is 13.8 Å². The van der Waals surface area contributed by atoms with E-state index >= 15 is 0 Å². The second-order valence-corrected chi connectivity index (χ2v) is 14.2. The first-order chi connectivity index (χ1) is 15.3. The number of fused-ring (bicyclic) bond motifs is 1. The molecule has 0 N–H and O–H groups in total. The summed E-state index contributed by atoms with van der Waals surface area (Å²) in [6.07, 6.45) is 4.62. The fourth-order valence-corrected chi connectivity index (χ4v) is 9.67. The van der Waals surface area contributed by atoms with Crippen LogP contribution in [0.15, 0.2) is 92.9 Å². The number of hydrogen-bond acceptors (Lipinski definition) is 1. The number of halogens is 2. The van der Waals surface area contributed by atoms with Crippen molar-refractivity contribution in [2.24, 2.45) is 4.99 Å². The predicted molar refractivity (Wildman–Crippen MR) is 142 cm³/mol. The first-order valence-electron chi connectivity index (χ1n) is 11.8. The summed E-state index contributed by atoms with van der Waals surface area (Å²) in [7, 11) is -1.15. The Kier molecular flexibility index (Phi) is 9.67. The van der Waals surface area contributed by atoms with Gasteiger partial charge in [-0.1, -0.05) is 69.3 Å². The van der Waals surface area contributed by atoms with E-state index in [2.05, 4.69) is 106 Å². The molecule has 0 saturated carbocycles. The van der Waals surface area contributed by atoms with Crippen LogP contribution in [0.25, 0.3) is 21.9 Å². The molecule has 0 fully saturated rings. The van der Waals surface area contributed by atoms with Crippen LogP contribution in [0.2, 0.25) is 13.1 Å². The zero-order valence-electron chi connectivity index (χ0n) is 21.4. The van der Waals surface area contributed by atoms with E-state index in [9.17, 15) is 0 Å². The minimum atomic E-state index is -1.15. The number of hydrogen-bond donors (Lipinski definition) is 0. The van der Waals surface area contributed by atoms with Crippen molar-refractivity contribution >= 4 is 24.6 Å². The molecule has 1 radical (unpaired) electrons. The van der Waals surface area contributed by atoms with E-state index in [1.165, 1.54) is 68.4 Å². The summed E-state index contributed by atoms with van der Waals surface area (Å²) in [6, 6.07) is 20.1. The Morgan fingerprint density at radius 2 is 1.60 bits per heavy atom. The van der Waals surface area contributed by atoms with Crippen molar-refractivity contribution in [2.75, 3.05) is 0 Å². The van der Waals surface area contributed by atoms with Crippen LogP contribution in [0.1, 0.15) is 38.3 Å². The molecule has 3 aromatic carbocycles. The molecule has 3 aliphatic heterocycles. The van der Waals surface area contributed by atoms with Crippen molar-refractivity contribution in [3.63, 3.8) is 0 Å². The van der Waals surface area contributed by atoms with Crippen LogP contribution in [-0.2, 0) is 32.6 Å². The van der Waals surface area contributed by atoms with Crippen molar-refractivity contribution in [1.29, 1.82) is 0 Å². The maximum atomic E-state index is 4.62. The molecule has 7 rings (SSSR count). The summed E-state index contributed by atoms with van der Waals surface area (Å²) in [4.78, 5) is 4.62. The third-order valence-corrected chi connectivity index (χ3v) is 10.9. The zero-order valence-corrected chi connectivity index (χ0v) is 26.4. The standard InChI is InChI=1S/C19H19.C11H13NSi.2ClH.Zr/c1-3-5-15-8-10-16(11-9-15)18-7-4-6-17-12-14(2)13-19(17)18;1-6-5-8-9(12-6)11-7(2)10(8)13(11,3)4;;;/h4,6-13H,3,5H2,1-2H3;5H,1-4H3;2*1H;/q-1;;;;+3/p-2. The number of allylic oxidation sites excluding steroid dienone is 4. The zero-order chi connectivity index (χ0) is 22.6. The van der Waals surface area contributed by atoms with Gasteiger partial charge in [-0.15, -0.1) is 34.5 Å². The van der Waals surface area contributed by atoms with Crippen molar-refractivity contribution in [3.05, 3.63) is 99.0 Å². The molecule has 0 amide bonds. The Bertz CT molecular complexity index is 1370. The quantitative estimate of drug-likeness (QED) is 0.325. The summed E-state index contributed by atoms with van der Waals surface area (Å²) in [6.45, 7) is 13.6. The first-order valence-corrected chi connectivity index (χ1v) is 14.8. The average Bonchev–Trinajstić information content (AvgIpc) is 3.42. The molecule has 0 aromatic heterocycles. The van der Waals surface area contributed by atoms with E-state index in [1.54, 1.807) is 10.4 Å². The smallest absolute Gasteiger partial charge is 1.00 e. The minimum absolute atomic E-state index is 0. The average molecular weight is 597 g/mol. The van der Waals surface area contributed by atoms with Gasteiger partial charge in [-0.3, -0.25) is 4.99 Å². The van der Waals surface area contributed by atoms with Gasteiger partial charge in [0.05, 0.1) is 5.70 Å². The molecule has 179 valence electrons. The van der Waals surface area contributed by atoms with Crippen LogP contribution in [0.5, 0.6) is 0 Å². The number of rotatable bonds is 3. The number of aryl methyl sites for hydroxylation is 2.